The molecule has 2 rings (SSSR count). The smallest absolute Gasteiger partial charge is 0.145 e. The molecule has 0 fully saturated rings. The van der Waals surface area contributed by atoms with E-state index < -0.39 is 0 Å². The minimum Gasteiger partial charge on any atom is -0.505 e. The summed E-state index contributed by atoms with van der Waals surface area (Å²) in [7, 11) is 4.06. The van der Waals surface area contributed by atoms with Crippen molar-refractivity contribution in [3.05, 3.63) is 58.4 Å². The lowest BCUT2D eigenvalue weighted by Gasteiger charge is -2.23. The Labute approximate surface area is 149 Å². The summed E-state index contributed by atoms with van der Waals surface area (Å²) in [5.41, 5.74) is 4.15. The maximum Gasteiger partial charge on any atom is 0.145 e. The van der Waals surface area contributed by atoms with E-state index in [1.165, 1.54) is 11.1 Å². The van der Waals surface area contributed by atoms with Crippen LogP contribution in [0.15, 0.2) is 35.5 Å². The molecule has 0 aliphatic carbocycles. The quantitative estimate of drug-likeness (QED) is 0.760. The van der Waals surface area contributed by atoms with Gasteiger partial charge in [0.2, 0.25) is 0 Å². The Morgan fingerprint density at radius 2 is 1.92 bits per heavy atom. The Morgan fingerprint density at radius 1 is 1.24 bits per heavy atom. The number of pyridine rings is 1. The second-order valence-electron chi connectivity index (χ2n) is 6.36. The molecular formula is C20H27N3O2. The number of nitrogens with zero attached hydrogens (tertiary/aromatic N) is 3. The molecule has 2 N–H and O–H groups in total. The van der Waals surface area contributed by atoms with Gasteiger partial charge in [0, 0.05) is 23.5 Å². The highest BCUT2D eigenvalue weighted by Gasteiger charge is 2.14. The van der Waals surface area contributed by atoms with Gasteiger partial charge in [-0.25, -0.2) is 0 Å². The Kier molecular flexibility index (Phi) is 6.67. The molecule has 5 heteroatoms. The van der Waals surface area contributed by atoms with Gasteiger partial charge in [0.1, 0.15) is 5.75 Å². The number of rotatable bonds is 7. The summed E-state index contributed by atoms with van der Waals surface area (Å²) in [6.45, 7) is 4.25. The van der Waals surface area contributed by atoms with Crippen LogP contribution in [0.5, 0.6) is 5.75 Å². The SMILES string of the molecule is CCc1ccc([C@@H](CN=Cc2c(CO)cnc(C)c2O)N(C)C)cc1. The minimum absolute atomic E-state index is 0.0731. The number of aromatic hydroxyl groups is 1. The van der Waals surface area contributed by atoms with Crippen molar-refractivity contribution in [1.82, 2.24) is 9.88 Å². The van der Waals surface area contributed by atoms with E-state index >= 15 is 0 Å². The third-order valence-corrected chi connectivity index (χ3v) is 4.42. The zero-order valence-electron chi connectivity index (χ0n) is 15.4. The molecule has 0 saturated carbocycles. The lowest BCUT2D eigenvalue weighted by Crippen LogP contribution is -2.22. The van der Waals surface area contributed by atoms with Crippen molar-refractivity contribution in [3.8, 4) is 5.75 Å². The van der Waals surface area contributed by atoms with Crippen LogP contribution in [0.2, 0.25) is 0 Å². The number of aliphatic imine (C=N–C) groups is 1. The van der Waals surface area contributed by atoms with Gasteiger partial charge in [-0.3, -0.25) is 9.98 Å². The molecular weight excluding hydrogens is 314 g/mol. The summed E-state index contributed by atoms with van der Waals surface area (Å²) in [4.78, 5) is 10.7. The van der Waals surface area contributed by atoms with E-state index in [0.717, 1.165) is 6.42 Å². The summed E-state index contributed by atoms with van der Waals surface area (Å²) in [5.74, 6) is 0.0731. The third kappa shape index (κ3) is 4.65. The molecule has 0 bridgehead atoms. The lowest BCUT2D eigenvalue weighted by molar-refractivity contribution is 0.280. The van der Waals surface area contributed by atoms with Gasteiger partial charge >= 0.3 is 0 Å². The second-order valence-corrected chi connectivity index (χ2v) is 6.36. The molecule has 5 nitrogen and oxygen atoms in total. The fourth-order valence-electron chi connectivity index (χ4n) is 2.71. The van der Waals surface area contributed by atoms with Gasteiger partial charge in [-0.15, -0.1) is 0 Å². The highest BCUT2D eigenvalue weighted by Crippen LogP contribution is 2.23. The van der Waals surface area contributed by atoms with Gasteiger partial charge < -0.3 is 15.1 Å². The van der Waals surface area contributed by atoms with Crippen LogP contribution in [0.3, 0.4) is 0 Å². The van der Waals surface area contributed by atoms with Gasteiger partial charge in [0.05, 0.1) is 24.9 Å². The second kappa shape index (κ2) is 8.74. The predicted octanol–water partition coefficient (Wildman–Crippen LogP) is 2.87. The molecule has 25 heavy (non-hydrogen) atoms. The molecule has 0 radical (unpaired) electrons. The van der Waals surface area contributed by atoms with Crippen molar-refractivity contribution in [2.45, 2.75) is 32.9 Å². The van der Waals surface area contributed by atoms with Crippen molar-refractivity contribution >= 4 is 6.21 Å². The zero-order chi connectivity index (χ0) is 18.4. The highest BCUT2D eigenvalue weighted by atomic mass is 16.3. The fourth-order valence-corrected chi connectivity index (χ4v) is 2.71. The van der Waals surface area contributed by atoms with Crippen molar-refractivity contribution in [3.63, 3.8) is 0 Å². The lowest BCUT2D eigenvalue weighted by atomic mass is 10.0. The Morgan fingerprint density at radius 3 is 2.48 bits per heavy atom. The summed E-state index contributed by atoms with van der Waals surface area (Å²) < 4.78 is 0. The van der Waals surface area contributed by atoms with Gasteiger partial charge in [-0.05, 0) is 38.6 Å². The summed E-state index contributed by atoms with van der Waals surface area (Å²) in [6, 6.07) is 8.73. The van der Waals surface area contributed by atoms with E-state index in [2.05, 4.69) is 46.1 Å². The predicted molar refractivity (Wildman–Crippen MR) is 101 cm³/mol. The molecule has 0 spiro atoms. The van der Waals surface area contributed by atoms with Gasteiger partial charge in [-0.2, -0.15) is 0 Å². The topological polar surface area (TPSA) is 69.0 Å². The number of hydrogen-bond acceptors (Lipinski definition) is 5. The first-order chi connectivity index (χ1) is 12.0. The fraction of sp³-hybridized carbons (Fsp3) is 0.400. The molecule has 0 saturated heterocycles. The highest BCUT2D eigenvalue weighted by molar-refractivity contribution is 5.85. The Bertz CT molecular complexity index is 724. The molecule has 1 aromatic heterocycles. The van der Waals surface area contributed by atoms with Gasteiger partial charge in [0.25, 0.3) is 0 Å². The van der Waals surface area contributed by atoms with Gasteiger partial charge in [-0.1, -0.05) is 31.2 Å². The molecule has 1 atom stereocenters. The van der Waals surface area contributed by atoms with Crippen LogP contribution in [0.4, 0.5) is 0 Å². The van der Waals surface area contributed by atoms with Crippen LogP contribution in [0.25, 0.3) is 0 Å². The first-order valence-corrected chi connectivity index (χ1v) is 8.51. The monoisotopic (exact) mass is 341 g/mol. The third-order valence-electron chi connectivity index (χ3n) is 4.42. The van der Waals surface area contributed by atoms with Crippen molar-refractivity contribution in [2.24, 2.45) is 4.99 Å². The van der Waals surface area contributed by atoms with Crippen LogP contribution in [-0.4, -0.2) is 47.0 Å². The number of benzene rings is 1. The average Bonchev–Trinajstić information content (AvgIpc) is 2.62. The number of likely N-dealkylation sites (N-methyl/N-ethyl adjacent to an activating group) is 1. The maximum absolute atomic E-state index is 10.2. The normalized spacial score (nSPS) is 12.9. The Balaban J connectivity index is 2.21. The molecule has 1 heterocycles. The maximum atomic E-state index is 10.2. The van der Waals surface area contributed by atoms with Crippen LogP contribution in [0, 0.1) is 6.92 Å². The first-order valence-electron chi connectivity index (χ1n) is 8.51. The van der Waals surface area contributed by atoms with E-state index in [-0.39, 0.29) is 18.4 Å². The zero-order valence-corrected chi connectivity index (χ0v) is 15.4. The van der Waals surface area contributed by atoms with E-state index in [9.17, 15) is 10.2 Å². The van der Waals surface area contributed by atoms with Crippen LogP contribution in [0.1, 0.15) is 40.9 Å². The molecule has 0 aliphatic rings. The first kappa shape index (κ1) is 19.1. The number of aliphatic hydroxyl groups is 1. The molecule has 0 amide bonds. The van der Waals surface area contributed by atoms with E-state index in [0.29, 0.717) is 23.4 Å². The average molecular weight is 341 g/mol. The van der Waals surface area contributed by atoms with E-state index in [1.54, 1.807) is 19.3 Å². The molecule has 2 aromatic rings. The van der Waals surface area contributed by atoms with Crippen molar-refractivity contribution < 1.29 is 10.2 Å². The van der Waals surface area contributed by atoms with Crippen LogP contribution >= 0.6 is 0 Å². The van der Waals surface area contributed by atoms with Crippen molar-refractivity contribution in [1.29, 1.82) is 0 Å². The van der Waals surface area contributed by atoms with Crippen molar-refractivity contribution in [2.75, 3.05) is 20.6 Å². The summed E-state index contributed by atoms with van der Waals surface area (Å²) >= 11 is 0. The minimum atomic E-state index is -0.183. The Hall–Kier alpha value is -2.24. The number of aromatic nitrogens is 1. The summed E-state index contributed by atoms with van der Waals surface area (Å²) in [5, 5.41) is 19.6. The number of aliphatic hydroxyl groups excluding tert-OH is 1. The van der Waals surface area contributed by atoms with Crippen LogP contribution < -0.4 is 0 Å². The number of aryl methyl sites for hydroxylation is 2. The van der Waals surface area contributed by atoms with E-state index in [1.807, 2.05) is 14.1 Å². The number of hydrogen-bond donors (Lipinski definition) is 2. The largest absolute Gasteiger partial charge is 0.505 e. The molecule has 0 aliphatic heterocycles. The van der Waals surface area contributed by atoms with Crippen LogP contribution in [-0.2, 0) is 13.0 Å². The van der Waals surface area contributed by atoms with E-state index in [4.69, 9.17) is 0 Å². The van der Waals surface area contributed by atoms with Gasteiger partial charge in [0.15, 0.2) is 0 Å². The molecule has 0 unspecified atom stereocenters. The standard InChI is InChI=1S/C20H27N3O2/c1-5-15-6-8-16(9-7-15)19(23(3)4)12-21-11-18-17(13-24)10-22-14(2)20(18)25/h6-11,19,24-25H,5,12-13H2,1-4H3/t19-/m1/s1. The molecule has 1 aromatic carbocycles. The molecule has 134 valence electrons. The summed E-state index contributed by atoms with van der Waals surface area (Å²) in [6.07, 6.45) is 4.23.